The first-order chi connectivity index (χ1) is 11.0. The zero-order valence-electron chi connectivity index (χ0n) is 14.1. The van der Waals surface area contributed by atoms with E-state index < -0.39 is 0 Å². The molecule has 2 N–H and O–H groups in total. The van der Waals surface area contributed by atoms with Gasteiger partial charge in [0.05, 0.1) is 25.9 Å². The first kappa shape index (κ1) is 17.2. The highest BCUT2D eigenvalue weighted by Gasteiger charge is 2.22. The first-order valence-corrected chi connectivity index (χ1v) is 8.06. The Morgan fingerprint density at radius 2 is 1.96 bits per heavy atom. The molecule has 1 aromatic rings. The number of ether oxygens (including phenoxy) is 1. The molecule has 2 rings (SSSR count). The van der Waals surface area contributed by atoms with Crippen molar-refractivity contribution < 1.29 is 14.3 Å². The van der Waals surface area contributed by atoms with E-state index in [2.05, 4.69) is 15.6 Å². The van der Waals surface area contributed by atoms with Crippen LogP contribution in [0.4, 0.5) is 0 Å². The van der Waals surface area contributed by atoms with Gasteiger partial charge in [-0.2, -0.15) is 0 Å². The Hall–Kier alpha value is -2.11. The van der Waals surface area contributed by atoms with Crippen molar-refractivity contribution in [3.63, 3.8) is 0 Å². The summed E-state index contributed by atoms with van der Waals surface area (Å²) in [5.74, 6) is 0.646. The Morgan fingerprint density at radius 3 is 2.61 bits per heavy atom. The van der Waals surface area contributed by atoms with E-state index in [0.29, 0.717) is 6.54 Å². The molecule has 1 aliphatic rings. The van der Waals surface area contributed by atoms with Crippen LogP contribution in [-0.4, -0.2) is 30.5 Å². The van der Waals surface area contributed by atoms with Gasteiger partial charge in [-0.05, 0) is 26.7 Å². The van der Waals surface area contributed by atoms with Crippen LogP contribution in [0.15, 0.2) is 6.20 Å². The van der Waals surface area contributed by atoms with Crippen molar-refractivity contribution in [2.24, 2.45) is 5.92 Å². The lowest BCUT2D eigenvalue weighted by atomic mass is 10.1. The molecule has 0 spiro atoms. The number of hydrogen-bond donors (Lipinski definition) is 2. The lowest BCUT2D eigenvalue weighted by Gasteiger charge is -2.13. The molecule has 0 bridgehead atoms. The van der Waals surface area contributed by atoms with E-state index in [9.17, 15) is 9.59 Å². The summed E-state index contributed by atoms with van der Waals surface area (Å²) in [5.41, 5.74) is 2.65. The number of aryl methyl sites for hydroxylation is 1. The molecule has 0 saturated heterocycles. The van der Waals surface area contributed by atoms with Crippen molar-refractivity contribution in [2.75, 3.05) is 13.7 Å². The van der Waals surface area contributed by atoms with E-state index in [0.717, 1.165) is 48.3 Å². The summed E-state index contributed by atoms with van der Waals surface area (Å²) in [7, 11) is 1.62. The molecule has 1 aromatic heterocycles. The van der Waals surface area contributed by atoms with Gasteiger partial charge in [-0.1, -0.05) is 12.8 Å². The average molecular weight is 319 g/mol. The van der Waals surface area contributed by atoms with Crippen molar-refractivity contribution in [2.45, 2.75) is 46.1 Å². The molecule has 23 heavy (non-hydrogen) atoms. The molecule has 6 nitrogen and oxygen atoms in total. The van der Waals surface area contributed by atoms with Gasteiger partial charge in [0, 0.05) is 23.2 Å². The van der Waals surface area contributed by atoms with Gasteiger partial charge in [-0.3, -0.25) is 14.6 Å². The molecular formula is C17H25N3O3. The second-order valence-corrected chi connectivity index (χ2v) is 6.02. The normalized spacial score (nSPS) is 14.6. The van der Waals surface area contributed by atoms with Gasteiger partial charge in [-0.25, -0.2) is 0 Å². The number of aromatic nitrogens is 1. The standard InChI is InChI=1S/C17H25N3O3/c1-11-8-18-14(12(2)16(11)23-3)9-19-15(21)10-20-17(22)13-6-4-5-7-13/h8,13H,4-7,9-10H2,1-3H3,(H,19,21)(H,20,22). The zero-order valence-corrected chi connectivity index (χ0v) is 14.1. The van der Waals surface area contributed by atoms with Gasteiger partial charge in [0.15, 0.2) is 0 Å². The maximum atomic E-state index is 11.9. The molecule has 0 aliphatic heterocycles. The first-order valence-electron chi connectivity index (χ1n) is 8.06. The molecule has 0 atom stereocenters. The van der Waals surface area contributed by atoms with E-state index in [1.165, 1.54) is 0 Å². The maximum absolute atomic E-state index is 11.9. The highest BCUT2D eigenvalue weighted by atomic mass is 16.5. The number of nitrogens with one attached hydrogen (secondary N) is 2. The largest absolute Gasteiger partial charge is 0.496 e. The number of pyridine rings is 1. The van der Waals surface area contributed by atoms with Gasteiger partial charge >= 0.3 is 0 Å². The average Bonchev–Trinajstić information content (AvgIpc) is 3.07. The summed E-state index contributed by atoms with van der Waals surface area (Å²) >= 11 is 0. The monoisotopic (exact) mass is 319 g/mol. The van der Waals surface area contributed by atoms with Gasteiger partial charge in [0.2, 0.25) is 11.8 Å². The number of nitrogens with zero attached hydrogens (tertiary/aromatic N) is 1. The lowest BCUT2D eigenvalue weighted by Crippen LogP contribution is -2.39. The summed E-state index contributed by atoms with van der Waals surface area (Å²) in [6, 6.07) is 0. The van der Waals surface area contributed by atoms with Crippen LogP contribution < -0.4 is 15.4 Å². The van der Waals surface area contributed by atoms with Crippen LogP contribution in [0.3, 0.4) is 0 Å². The third-order valence-corrected chi connectivity index (χ3v) is 4.35. The molecule has 0 unspecified atom stereocenters. The molecule has 0 radical (unpaired) electrons. The minimum atomic E-state index is -0.211. The van der Waals surface area contributed by atoms with Gasteiger partial charge in [-0.15, -0.1) is 0 Å². The maximum Gasteiger partial charge on any atom is 0.239 e. The quantitative estimate of drug-likeness (QED) is 0.835. The molecule has 1 saturated carbocycles. The van der Waals surface area contributed by atoms with Crippen LogP contribution >= 0.6 is 0 Å². The van der Waals surface area contributed by atoms with Crippen molar-refractivity contribution in [1.29, 1.82) is 0 Å². The van der Waals surface area contributed by atoms with Crippen molar-refractivity contribution >= 4 is 11.8 Å². The van der Waals surface area contributed by atoms with Crippen LogP contribution in [0, 0.1) is 19.8 Å². The molecule has 1 fully saturated rings. The van der Waals surface area contributed by atoms with E-state index in [1.54, 1.807) is 13.3 Å². The fraction of sp³-hybridized carbons (Fsp3) is 0.588. The van der Waals surface area contributed by atoms with Gasteiger partial charge in [0.25, 0.3) is 0 Å². The van der Waals surface area contributed by atoms with E-state index in [-0.39, 0.29) is 24.3 Å². The summed E-state index contributed by atoms with van der Waals surface area (Å²) < 4.78 is 5.35. The summed E-state index contributed by atoms with van der Waals surface area (Å²) in [6.45, 7) is 4.18. The molecule has 1 heterocycles. The summed E-state index contributed by atoms with van der Waals surface area (Å²) in [6.07, 6.45) is 5.80. The molecule has 1 aliphatic carbocycles. The Morgan fingerprint density at radius 1 is 1.26 bits per heavy atom. The van der Waals surface area contributed by atoms with Crippen molar-refractivity contribution in [1.82, 2.24) is 15.6 Å². The summed E-state index contributed by atoms with van der Waals surface area (Å²) in [5, 5.41) is 5.50. The third-order valence-electron chi connectivity index (χ3n) is 4.35. The predicted octanol–water partition coefficient (Wildman–Crippen LogP) is 1.63. The summed E-state index contributed by atoms with van der Waals surface area (Å²) in [4.78, 5) is 28.1. The van der Waals surface area contributed by atoms with Crippen LogP contribution in [0.1, 0.15) is 42.5 Å². The topological polar surface area (TPSA) is 80.3 Å². The fourth-order valence-electron chi connectivity index (χ4n) is 2.99. The Labute approximate surface area is 137 Å². The van der Waals surface area contributed by atoms with Crippen molar-refractivity contribution in [3.05, 3.63) is 23.0 Å². The number of hydrogen-bond acceptors (Lipinski definition) is 4. The van der Waals surface area contributed by atoms with Gasteiger partial charge < -0.3 is 15.4 Å². The predicted molar refractivity (Wildman–Crippen MR) is 87.1 cm³/mol. The SMILES string of the molecule is COc1c(C)cnc(CNC(=O)CNC(=O)C2CCCC2)c1C. The van der Waals surface area contributed by atoms with Crippen molar-refractivity contribution in [3.8, 4) is 5.75 Å². The number of methoxy groups -OCH3 is 1. The Balaban J connectivity index is 1.81. The molecule has 126 valence electrons. The van der Waals surface area contributed by atoms with Crippen LogP contribution in [-0.2, 0) is 16.1 Å². The Bertz CT molecular complexity index is 581. The minimum absolute atomic E-state index is 0.0102. The van der Waals surface area contributed by atoms with E-state index in [4.69, 9.17) is 4.74 Å². The lowest BCUT2D eigenvalue weighted by molar-refractivity contribution is -0.128. The molecule has 0 aromatic carbocycles. The van der Waals surface area contributed by atoms with Gasteiger partial charge in [0.1, 0.15) is 5.75 Å². The number of rotatable bonds is 6. The molecule has 6 heteroatoms. The highest BCUT2D eigenvalue weighted by Crippen LogP contribution is 2.25. The molecule has 2 amide bonds. The van der Waals surface area contributed by atoms with Crippen LogP contribution in [0.25, 0.3) is 0 Å². The molecular weight excluding hydrogens is 294 g/mol. The number of amides is 2. The smallest absolute Gasteiger partial charge is 0.239 e. The number of carbonyl (C=O) groups is 2. The fourth-order valence-corrected chi connectivity index (χ4v) is 2.99. The van der Waals surface area contributed by atoms with E-state index >= 15 is 0 Å². The third kappa shape index (κ3) is 4.43. The second kappa shape index (κ2) is 7.94. The number of carbonyl (C=O) groups excluding carboxylic acids is 2. The Kier molecular flexibility index (Phi) is 5.96. The van der Waals surface area contributed by atoms with Crippen LogP contribution in [0.2, 0.25) is 0 Å². The second-order valence-electron chi connectivity index (χ2n) is 6.02. The highest BCUT2D eigenvalue weighted by molar-refractivity contribution is 5.85. The van der Waals surface area contributed by atoms with E-state index in [1.807, 2.05) is 13.8 Å². The zero-order chi connectivity index (χ0) is 16.8. The minimum Gasteiger partial charge on any atom is -0.496 e. The van der Waals surface area contributed by atoms with Crippen LogP contribution in [0.5, 0.6) is 5.75 Å².